The van der Waals surface area contributed by atoms with Crippen LogP contribution in [-0.2, 0) is 0 Å². The zero-order valence-corrected chi connectivity index (χ0v) is 8.93. The third-order valence-electron chi connectivity index (χ3n) is 1.65. The molecule has 0 aliphatic carbocycles. The third kappa shape index (κ3) is 2.57. The Morgan fingerprint density at radius 2 is 1.86 bits per heavy atom. The van der Waals surface area contributed by atoms with Gasteiger partial charge in [-0.05, 0) is 40.8 Å². The highest BCUT2D eigenvalue weighted by Crippen LogP contribution is 2.32. The lowest BCUT2D eigenvalue weighted by Crippen LogP contribution is -2.29. The predicted molar refractivity (Wildman–Crippen MR) is 52.1 cm³/mol. The largest absolute Gasteiger partial charge is 0.407 e. The molecular formula is C8H6F4IN. The monoisotopic (exact) mass is 319 g/mol. The van der Waals surface area contributed by atoms with E-state index < -0.39 is 23.6 Å². The Morgan fingerprint density at radius 1 is 1.29 bits per heavy atom. The third-order valence-corrected chi connectivity index (χ3v) is 2.32. The lowest BCUT2D eigenvalue weighted by atomic mass is 10.1. The summed E-state index contributed by atoms with van der Waals surface area (Å²) in [6.07, 6.45) is -4.62. The molecule has 1 atom stereocenters. The lowest BCUT2D eigenvalue weighted by molar-refractivity contribution is -0.149. The molecule has 2 N–H and O–H groups in total. The van der Waals surface area contributed by atoms with E-state index in [1.807, 2.05) is 0 Å². The van der Waals surface area contributed by atoms with E-state index in [0.29, 0.717) is 3.57 Å². The number of rotatable bonds is 1. The van der Waals surface area contributed by atoms with Crippen LogP contribution in [0.1, 0.15) is 11.6 Å². The molecule has 0 radical (unpaired) electrons. The van der Waals surface area contributed by atoms with Crippen LogP contribution < -0.4 is 5.73 Å². The molecule has 0 aromatic heterocycles. The van der Waals surface area contributed by atoms with E-state index in [0.717, 1.165) is 12.1 Å². The second-order valence-electron chi connectivity index (χ2n) is 2.69. The summed E-state index contributed by atoms with van der Waals surface area (Å²) in [5.74, 6) is -0.935. The summed E-state index contributed by atoms with van der Waals surface area (Å²) in [5, 5.41) is 0. The van der Waals surface area contributed by atoms with E-state index in [9.17, 15) is 17.6 Å². The molecule has 14 heavy (non-hydrogen) atoms. The quantitative estimate of drug-likeness (QED) is 0.625. The first kappa shape index (κ1) is 11.7. The van der Waals surface area contributed by atoms with Crippen LogP contribution in [0, 0.1) is 9.39 Å². The molecule has 0 saturated heterocycles. The molecule has 1 aromatic rings. The minimum absolute atomic E-state index is 0.513. The molecule has 1 rings (SSSR count). The average molecular weight is 319 g/mol. The number of halogens is 5. The van der Waals surface area contributed by atoms with Gasteiger partial charge in [0.25, 0.3) is 0 Å². The zero-order chi connectivity index (χ0) is 10.9. The molecular weight excluding hydrogens is 313 g/mol. The summed E-state index contributed by atoms with van der Waals surface area (Å²) in [6.45, 7) is 0. The predicted octanol–water partition coefficient (Wildman–Crippen LogP) is 2.99. The van der Waals surface area contributed by atoms with Gasteiger partial charge >= 0.3 is 6.18 Å². The Labute approximate surface area is 91.4 Å². The van der Waals surface area contributed by atoms with Crippen LogP contribution in [0.25, 0.3) is 0 Å². The number of hydrogen-bond acceptors (Lipinski definition) is 1. The van der Waals surface area contributed by atoms with Crippen molar-refractivity contribution in [3.63, 3.8) is 0 Å². The Hall–Kier alpha value is -0.370. The molecule has 0 amide bonds. The first-order chi connectivity index (χ1) is 6.32. The van der Waals surface area contributed by atoms with Crippen LogP contribution in [0.2, 0.25) is 0 Å². The number of alkyl halides is 3. The molecule has 78 valence electrons. The molecule has 0 fully saturated rings. The van der Waals surface area contributed by atoms with Gasteiger partial charge in [0.05, 0.1) is 0 Å². The minimum atomic E-state index is -4.62. The van der Waals surface area contributed by atoms with Crippen molar-refractivity contribution in [2.75, 3.05) is 0 Å². The normalized spacial score (nSPS) is 14.1. The smallest absolute Gasteiger partial charge is 0.316 e. The van der Waals surface area contributed by atoms with Gasteiger partial charge in [-0.1, -0.05) is 0 Å². The minimum Gasteiger partial charge on any atom is -0.316 e. The maximum Gasteiger partial charge on any atom is 0.407 e. The fourth-order valence-corrected chi connectivity index (χ4v) is 1.44. The van der Waals surface area contributed by atoms with Crippen molar-refractivity contribution >= 4 is 22.6 Å². The van der Waals surface area contributed by atoms with Crippen molar-refractivity contribution < 1.29 is 17.6 Å². The summed E-state index contributed by atoms with van der Waals surface area (Å²) in [6, 6.07) is 1.18. The summed E-state index contributed by atoms with van der Waals surface area (Å²) < 4.78 is 49.9. The summed E-state index contributed by atoms with van der Waals surface area (Å²) >= 11 is 1.79. The highest BCUT2D eigenvalue weighted by Gasteiger charge is 2.39. The van der Waals surface area contributed by atoms with E-state index >= 15 is 0 Å². The Kier molecular flexibility index (Phi) is 3.36. The van der Waals surface area contributed by atoms with Gasteiger partial charge in [-0.25, -0.2) is 4.39 Å². The summed E-state index contributed by atoms with van der Waals surface area (Å²) in [5.41, 5.74) is 4.35. The molecule has 1 nitrogen and oxygen atoms in total. The molecule has 0 bridgehead atoms. The number of nitrogens with two attached hydrogens (primary N) is 1. The van der Waals surface area contributed by atoms with Crippen molar-refractivity contribution in [2.45, 2.75) is 12.2 Å². The summed E-state index contributed by atoms with van der Waals surface area (Å²) in [4.78, 5) is 0. The molecule has 1 aromatic carbocycles. The maximum atomic E-state index is 13.0. The van der Waals surface area contributed by atoms with Gasteiger partial charge in [-0.3, -0.25) is 0 Å². The molecule has 0 aliphatic heterocycles. The van der Waals surface area contributed by atoms with Gasteiger partial charge < -0.3 is 5.73 Å². The van der Waals surface area contributed by atoms with E-state index in [1.54, 1.807) is 22.6 Å². The molecule has 0 spiro atoms. The number of hydrogen-bond donors (Lipinski definition) is 1. The van der Waals surface area contributed by atoms with Gasteiger partial charge in [0.1, 0.15) is 11.9 Å². The van der Waals surface area contributed by atoms with E-state index in [2.05, 4.69) is 0 Å². The van der Waals surface area contributed by atoms with Crippen molar-refractivity contribution in [1.29, 1.82) is 0 Å². The molecule has 0 heterocycles. The average Bonchev–Trinajstić information content (AvgIpc) is 2.06. The van der Waals surface area contributed by atoms with E-state index in [4.69, 9.17) is 5.73 Å². The van der Waals surface area contributed by atoms with Gasteiger partial charge in [0.2, 0.25) is 0 Å². The molecule has 6 heteroatoms. The highest BCUT2D eigenvalue weighted by molar-refractivity contribution is 14.1. The maximum absolute atomic E-state index is 13.0. The lowest BCUT2D eigenvalue weighted by Gasteiger charge is -2.16. The van der Waals surface area contributed by atoms with Gasteiger partial charge in [0.15, 0.2) is 0 Å². The Bertz CT molecular complexity index is 337. The van der Waals surface area contributed by atoms with Gasteiger partial charge in [0, 0.05) is 9.13 Å². The molecule has 0 saturated carbocycles. The molecule has 0 aliphatic rings. The van der Waals surface area contributed by atoms with Crippen molar-refractivity contribution in [3.05, 3.63) is 33.1 Å². The fraction of sp³-hybridized carbons (Fsp3) is 0.250. The van der Waals surface area contributed by atoms with Crippen molar-refractivity contribution in [2.24, 2.45) is 5.73 Å². The SMILES string of the molecule is N[C@@H](c1cc(I)ccc1F)C(F)(F)F. The van der Waals surface area contributed by atoms with Crippen LogP contribution in [0.5, 0.6) is 0 Å². The zero-order valence-electron chi connectivity index (χ0n) is 6.78. The topological polar surface area (TPSA) is 26.0 Å². The standard InChI is InChI=1S/C8H6F4IN/c9-6-2-1-4(13)3-5(6)7(14)8(10,11)12/h1-3,7H,14H2/t7-/m0/s1. The van der Waals surface area contributed by atoms with Crippen LogP contribution >= 0.6 is 22.6 Å². The number of benzene rings is 1. The van der Waals surface area contributed by atoms with Crippen LogP contribution in [-0.4, -0.2) is 6.18 Å². The van der Waals surface area contributed by atoms with Crippen molar-refractivity contribution in [1.82, 2.24) is 0 Å². The van der Waals surface area contributed by atoms with Gasteiger partial charge in [-0.2, -0.15) is 13.2 Å². The van der Waals surface area contributed by atoms with E-state index in [1.165, 1.54) is 6.07 Å². The summed E-state index contributed by atoms with van der Waals surface area (Å²) in [7, 11) is 0. The van der Waals surface area contributed by atoms with Crippen LogP contribution in [0.3, 0.4) is 0 Å². The second-order valence-corrected chi connectivity index (χ2v) is 3.93. The first-order valence-electron chi connectivity index (χ1n) is 3.59. The van der Waals surface area contributed by atoms with Crippen LogP contribution in [0.15, 0.2) is 18.2 Å². The fourth-order valence-electron chi connectivity index (χ4n) is 0.929. The Morgan fingerprint density at radius 3 is 2.36 bits per heavy atom. The first-order valence-corrected chi connectivity index (χ1v) is 4.67. The van der Waals surface area contributed by atoms with Gasteiger partial charge in [-0.15, -0.1) is 0 Å². The Balaban J connectivity index is 3.12. The van der Waals surface area contributed by atoms with Crippen LogP contribution in [0.4, 0.5) is 17.6 Å². The second kappa shape index (κ2) is 4.01. The highest BCUT2D eigenvalue weighted by atomic mass is 127. The van der Waals surface area contributed by atoms with Crippen molar-refractivity contribution in [3.8, 4) is 0 Å². The molecule has 0 unspecified atom stereocenters. The van der Waals surface area contributed by atoms with E-state index in [-0.39, 0.29) is 0 Å².